The quantitative estimate of drug-likeness (QED) is 0.419. The highest BCUT2D eigenvalue weighted by atomic mass is 19.1. The van der Waals surface area contributed by atoms with Crippen LogP contribution in [0.3, 0.4) is 0 Å². The molecule has 124 valence electrons. The van der Waals surface area contributed by atoms with Crippen molar-refractivity contribution in [2.75, 3.05) is 33.4 Å². The normalized spacial score (nSPS) is 11.5. The summed E-state index contributed by atoms with van der Waals surface area (Å²) in [4.78, 5) is 4.19. The molecule has 2 N–H and O–H groups in total. The maximum absolute atomic E-state index is 13.0. The second-order valence-corrected chi connectivity index (χ2v) is 5.15. The van der Waals surface area contributed by atoms with E-state index in [9.17, 15) is 4.39 Å². The van der Waals surface area contributed by atoms with Gasteiger partial charge >= 0.3 is 0 Å². The standard InChI is InChI=1S/C17H28FN3O/c1-4-22-12-6-5-10-20-17(19-3)21-11-9-15-7-8-16(18)13-14(15)2/h7-8,13H,4-6,9-12H2,1-3H3,(H2,19,20,21). The topological polar surface area (TPSA) is 45.6 Å². The minimum absolute atomic E-state index is 0.182. The van der Waals surface area contributed by atoms with Crippen molar-refractivity contribution in [3.63, 3.8) is 0 Å². The molecule has 0 aliphatic carbocycles. The van der Waals surface area contributed by atoms with Gasteiger partial charge < -0.3 is 15.4 Å². The van der Waals surface area contributed by atoms with E-state index in [1.807, 2.05) is 19.9 Å². The third kappa shape index (κ3) is 7.41. The molecule has 1 aromatic rings. The fourth-order valence-corrected chi connectivity index (χ4v) is 2.16. The molecule has 0 radical (unpaired) electrons. The summed E-state index contributed by atoms with van der Waals surface area (Å²) in [6.07, 6.45) is 2.95. The second kappa shape index (κ2) is 11.0. The van der Waals surface area contributed by atoms with Crippen molar-refractivity contribution in [2.24, 2.45) is 4.99 Å². The zero-order valence-electron chi connectivity index (χ0n) is 13.9. The van der Waals surface area contributed by atoms with Gasteiger partial charge in [-0.15, -0.1) is 0 Å². The molecular weight excluding hydrogens is 281 g/mol. The van der Waals surface area contributed by atoms with E-state index in [4.69, 9.17) is 4.74 Å². The molecule has 4 nitrogen and oxygen atoms in total. The van der Waals surface area contributed by atoms with Crippen LogP contribution in [0.2, 0.25) is 0 Å². The summed E-state index contributed by atoms with van der Waals surface area (Å²) in [6, 6.07) is 4.92. The number of rotatable bonds is 9. The smallest absolute Gasteiger partial charge is 0.190 e. The van der Waals surface area contributed by atoms with Crippen molar-refractivity contribution in [3.05, 3.63) is 35.1 Å². The first-order valence-electron chi connectivity index (χ1n) is 7.94. The summed E-state index contributed by atoms with van der Waals surface area (Å²) in [6.45, 7) is 7.18. The van der Waals surface area contributed by atoms with Crippen LogP contribution in [-0.2, 0) is 11.2 Å². The lowest BCUT2D eigenvalue weighted by molar-refractivity contribution is 0.143. The molecule has 0 saturated heterocycles. The molecule has 0 fully saturated rings. The summed E-state index contributed by atoms with van der Waals surface area (Å²) in [5, 5.41) is 6.56. The number of guanidine groups is 1. The number of hydrogen-bond donors (Lipinski definition) is 2. The zero-order valence-corrected chi connectivity index (χ0v) is 13.9. The molecular formula is C17H28FN3O. The zero-order chi connectivity index (χ0) is 16.2. The Morgan fingerprint density at radius 3 is 2.68 bits per heavy atom. The fraction of sp³-hybridized carbons (Fsp3) is 0.588. The van der Waals surface area contributed by atoms with Gasteiger partial charge in [0.05, 0.1) is 0 Å². The Morgan fingerprint density at radius 2 is 2.00 bits per heavy atom. The summed E-state index contributed by atoms with van der Waals surface area (Å²) < 4.78 is 18.3. The molecule has 0 aromatic heterocycles. The number of halogens is 1. The van der Waals surface area contributed by atoms with Crippen LogP contribution in [0.15, 0.2) is 23.2 Å². The average molecular weight is 309 g/mol. The highest BCUT2D eigenvalue weighted by Gasteiger charge is 2.01. The van der Waals surface area contributed by atoms with Crippen LogP contribution in [0.1, 0.15) is 30.9 Å². The Hall–Kier alpha value is -1.62. The Labute approximate surface area is 133 Å². The van der Waals surface area contributed by atoms with Crippen LogP contribution < -0.4 is 10.6 Å². The van der Waals surface area contributed by atoms with Gasteiger partial charge in [0.1, 0.15) is 5.82 Å². The maximum Gasteiger partial charge on any atom is 0.190 e. The largest absolute Gasteiger partial charge is 0.382 e. The number of nitrogens with one attached hydrogen (secondary N) is 2. The lowest BCUT2D eigenvalue weighted by Gasteiger charge is -2.12. The Balaban J connectivity index is 2.21. The van der Waals surface area contributed by atoms with Crippen LogP contribution in [0.25, 0.3) is 0 Å². The van der Waals surface area contributed by atoms with Crippen LogP contribution in [-0.4, -0.2) is 39.3 Å². The average Bonchev–Trinajstić information content (AvgIpc) is 2.50. The van der Waals surface area contributed by atoms with E-state index in [-0.39, 0.29) is 5.82 Å². The van der Waals surface area contributed by atoms with E-state index in [1.165, 1.54) is 6.07 Å². The predicted octanol–water partition coefficient (Wildman–Crippen LogP) is 2.66. The fourth-order valence-electron chi connectivity index (χ4n) is 2.16. The van der Waals surface area contributed by atoms with Crippen molar-refractivity contribution < 1.29 is 9.13 Å². The molecule has 0 spiro atoms. The van der Waals surface area contributed by atoms with E-state index in [0.717, 1.165) is 62.7 Å². The van der Waals surface area contributed by atoms with Crippen LogP contribution in [0.5, 0.6) is 0 Å². The predicted molar refractivity (Wildman–Crippen MR) is 89.9 cm³/mol. The Bertz CT molecular complexity index is 463. The van der Waals surface area contributed by atoms with Gasteiger partial charge in [0, 0.05) is 33.4 Å². The van der Waals surface area contributed by atoms with Crippen molar-refractivity contribution >= 4 is 5.96 Å². The first kappa shape index (κ1) is 18.4. The molecule has 0 atom stereocenters. The summed E-state index contributed by atoms with van der Waals surface area (Å²) in [5.74, 6) is 0.620. The molecule has 0 amide bonds. The number of benzene rings is 1. The SMILES string of the molecule is CCOCCCCNC(=NC)NCCc1ccc(F)cc1C. The first-order chi connectivity index (χ1) is 10.7. The molecule has 0 bridgehead atoms. The molecule has 1 aromatic carbocycles. The molecule has 0 aliphatic heterocycles. The van der Waals surface area contributed by atoms with Crippen molar-refractivity contribution in [1.82, 2.24) is 10.6 Å². The lowest BCUT2D eigenvalue weighted by Crippen LogP contribution is -2.38. The van der Waals surface area contributed by atoms with E-state index >= 15 is 0 Å². The minimum Gasteiger partial charge on any atom is -0.382 e. The van der Waals surface area contributed by atoms with Crippen molar-refractivity contribution in [1.29, 1.82) is 0 Å². The number of unbranched alkanes of at least 4 members (excludes halogenated alkanes) is 1. The molecule has 0 saturated carbocycles. The van der Waals surface area contributed by atoms with Gasteiger partial charge in [0.15, 0.2) is 5.96 Å². The molecule has 0 heterocycles. The first-order valence-corrected chi connectivity index (χ1v) is 7.94. The van der Waals surface area contributed by atoms with Crippen LogP contribution >= 0.6 is 0 Å². The molecule has 5 heteroatoms. The lowest BCUT2D eigenvalue weighted by atomic mass is 10.1. The maximum atomic E-state index is 13.0. The number of aryl methyl sites for hydroxylation is 1. The highest BCUT2D eigenvalue weighted by Crippen LogP contribution is 2.10. The highest BCUT2D eigenvalue weighted by molar-refractivity contribution is 5.79. The van der Waals surface area contributed by atoms with Crippen molar-refractivity contribution in [3.8, 4) is 0 Å². The Morgan fingerprint density at radius 1 is 1.23 bits per heavy atom. The number of ether oxygens (including phenoxy) is 1. The van der Waals surface area contributed by atoms with Gasteiger partial charge in [0.25, 0.3) is 0 Å². The number of aliphatic imine (C=N–C) groups is 1. The molecule has 22 heavy (non-hydrogen) atoms. The second-order valence-electron chi connectivity index (χ2n) is 5.15. The van der Waals surface area contributed by atoms with Crippen molar-refractivity contribution in [2.45, 2.75) is 33.1 Å². The molecule has 1 rings (SSSR count). The Kier molecular flexibility index (Phi) is 9.23. The summed E-state index contributed by atoms with van der Waals surface area (Å²) in [7, 11) is 1.76. The monoisotopic (exact) mass is 309 g/mol. The minimum atomic E-state index is -0.182. The van der Waals surface area contributed by atoms with Gasteiger partial charge in [-0.25, -0.2) is 4.39 Å². The van der Waals surface area contributed by atoms with Gasteiger partial charge in [0.2, 0.25) is 0 Å². The van der Waals surface area contributed by atoms with E-state index < -0.39 is 0 Å². The summed E-state index contributed by atoms with van der Waals surface area (Å²) >= 11 is 0. The van der Waals surface area contributed by atoms with Crippen LogP contribution in [0, 0.1) is 12.7 Å². The third-order valence-electron chi connectivity index (χ3n) is 3.43. The van der Waals surface area contributed by atoms with Gasteiger partial charge in [-0.3, -0.25) is 4.99 Å². The van der Waals surface area contributed by atoms with Gasteiger partial charge in [-0.1, -0.05) is 6.07 Å². The van der Waals surface area contributed by atoms with E-state index in [1.54, 1.807) is 13.1 Å². The third-order valence-corrected chi connectivity index (χ3v) is 3.43. The molecule has 0 unspecified atom stereocenters. The number of nitrogens with zero attached hydrogens (tertiary/aromatic N) is 1. The van der Waals surface area contributed by atoms with Crippen LogP contribution in [0.4, 0.5) is 4.39 Å². The van der Waals surface area contributed by atoms with Gasteiger partial charge in [-0.05, 0) is 56.4 Å². The van der Waals surface area contributed by atoms with E-state index in [0.29, 0.717) is 0 Å². The molecule has 0 aliphatic rings. The van der Waals surface area contributed by atoms with Gasteiger partial charge in [-0.2, -0.15) is 0 Å². The van der Waals surface area contributed by atoms with E-state index in [2.05, 4.69) is 15.6 Å². The number of hydrogen-bond acceptors (Lipinski definition) is 2. The summed E-state index contributed by atoms with van der Waals surface area (Å²) in [5.41, 5.74) is 2.14.